The first-order chi connectivity index (χ1) is 13.8. The quantitative estimate of drug-likeness (QED) is 0.572. The maximum atomic E-state index is 13.6. The number of rotatable bonds is 2. The van der Waals surface area contributed by atoms with Gasteiger partial charge in [0, 0.05) is 5.57 Å². The van der Waals surface area contributed by atoms with Crippen LogP contribution in [0.4, 0.5) is 0 Å². The van der Waals surface area contributed by atoms with Crippen LogP contribution in [-0.4, -0.2) is 37.2 Å². The van der Waals surface area contributed by atoms with Gasteiger partial charge in [0.1, 0.15) is 5.60 Å². The standard InChI is InChI=1S/C25H36O4Si/c1-22(2,3)30(5,6)28-20-8-7-19-23(20,4)11-10-17-21(27)18-15-16(26)9-12-24(18)13-14-25(17,19)29-24/h9,12,15,17,19-20H,7-8,10-11,13-14H2,1-6H3/t17?,19-,20+,23+,24+,25-/m1/s1. The second-order valence-electron chi connectivity index (χ2n) is 12.2. The minimum absolute atomic E-state index is 0.0489. The van der Waals surface area contributed by atoms with Gasteiger partial charge in [-0.15, -0.1) is 0 Å². The highest BCUT2D eigenvalue weighted by Crippen LogP contribution is 2.68. The Balaban J connectivity index is 1.50. The third kappa shape index (κ3) is 2.52. The molecule has 0 amide bonds. The van der Waals surface area contributed by atoms with Crippen LogP contribution in [0, 0.1) is 17.3 Å². The molecule has 2 saturated heterocycles. The molecule has 30 heavy (non-hydrogen) atoms. The van der Waals surface area contributed by atoms with E-state index in [0.29, 0.717) is 11.5 Å². The molecule has 4 fully saturated rings. The Morgan fingerprint density at radius 2 is 1.83 bits per heavy atom. The van der Waals surface area contributed by atoms with Crippen LogP contribution < -0.4 is 0 Å². The summed E-state index contributed by atoms with van der Waals surface area (Å²) in [5, 5.41) is 0.185. The predicted molar refractivity (Wildman–Crippen MR) is 119 cm³/mol. The molecule has 2 aliphatic heterocycles. The lowest BCUT2D eigenvalue weighted by Crippen LogP contribution is -2.63. The van der Waals surface area contributed by atoms with Crippen molar-refractivity contribution in [2.75, 3.05) is 0 Å². The lowest BCUT2D eigenvalue weighted by atomic mass is 9.55. The molecule has 5 heteroatoms. The topological polar surface area (TPSA) is 52.6 Å². The van der Waals surface area contributed by atoms with Crippen molar-refractivity contribution in [2.45, 2.75) is 102 Å². The fraction of sp³-hybridized carbons (Fsp3) is 0.760. The summed E-state index contributed by atoms with van der Waals surface area (Å²) in [5.74, 6) is 0.321. The summed E-state index contributed by atoms with van der Waals surface area (Å²) in [6.45, 7) is 14.0. The first-order valence-electron chi connectivity index (χ1n) is 11.7. The Morgan fingerprint density at radius 3 is 2.53 bits per heavy atom. The number of fused-ring (bicyclic) bond motifs is 1. The first kappa shape index (κ1) is 20.8. The molecule has 0 aromatic carbocycles. The second kappa shape index (κ2) is 6.05. The Morgan fingerprint density at radius 1 is 1.10 bits per heavy atom. The van der Waals surface area contributed by atoms with Crippen molar-refractivity contribution >= 4 is 19.9 Å². The van der Waals surface area contributed by atoms with Gasteiger partial charge in [0.2, 0.25) is 0 Å². The highest BCUT2D eigenvalue weighted by atomic mass is 28.4. The number of ketones is 2. The van der Waals surface area contributed by atoms with Crippen LogP contribution in [0.1, 0.15) is 66.2 Å². The van der Waals surface area contributed by atoms with Crippen molar-refractivity contribution in [1.29, 1.82) is 0 Å². The zero-order valence-corrected chi connectivity index (χ0v) is 20.3. The largest absolute Gasteiger partial charge is 0.413 e. The Bertz CT molecular complexity index is 880. The number of carbonyl (C=O) groups is 2. The Hall–Kier alpha value is -1.04. The summed E-state index contributed by atoms with van der Waals surface area (Å²) in [6, 6.07) is 0. The molecule has 2 heterocycles. The minimum atomic E-state index is -1.88. The molecule has 0 N–H and O–H groups in total. The average molecular weight is 429 g/mol. The fourth-order valence-electron chi connectivity index (χ4n) is 7.07. The van der Waals surface area contributed by atoms with Gasteiger partial charge in [-0.2, -0.15) is 0 Å². The fourth-order valence-corrected chi connectivity index (χ4v) is 8.52. The summed E-state index contributed by atoms with van der Waals surface area (Å²) in [4.78, 5) is 25.6. The number of hydrogen-bond acceptors (Lipinski definition) is 4. The van der Waals surface area contributed by atoms with Gasteiger partial charge < -0.3 is 9.16 Å². The van der Waals surface area contributed by atoms with Crippen molar-refractivity contribution in [3.05, 3.63) is 23.8 Å². The second-order valence-corrected chi connectivity index (χ2v) is 17.0. The van der Waals surface area contributed by atoms with E-state index < -0.39 is 19.5 Å². The molecular weight excluding hydrogens is 392 g/mol. The molecule has 2 spiro atoms. The SMILES string of the molecule is CC(C)(C)[Si](C)(C)O[C@H]1CC[C@@H]2[C@]1(C)CCC1C(=O)C3=CC(=O)C=C[C@]34CC[C@@]12O4. The van der Waals surface area contributed by atoms with Crippen molar-refractivity contribution in [2.24, 2.45) is 17.3 Å². The monoisotopic (exact) mass is 428 g/mol. The van der Waals surface area contributed by atoms with E-state index in [-0.39, 0.29) is 34.0 Å². The molecule has 3 aliphatic carbocycles. The minimum Gasteiger partial charge on any atom is -0.413 e. The van der Waals surface area contributed by atoms with Crippen molar-refractivity contribution in [3.63, 3.8) is 0 Å². The number of allylic oxidation sites excluding steroid dienone is 2. The van der Waals surface area contributed by atoms with Gasteiger partial charge in [-0.1, -0.05) is 27.7 Å². The van der Waals surface area contributed by atoms with Gasteiger partial charge in [0.05, 0.1) is 17.6 Å². The van der Waals surface area contributed by atoms with Gasteiger partial charge in [-0.05, 0) is 86.2 Å². The summed E-state index contributed by atoms with van der Waals surface area (Å²) in [7, 11) is -1.88. The zero-order valence-electron chi connectivity index (χ0n) is 19.3. The molecule has 1 unspecified atom stereocenters. The predicted octanol–water partition coefficient (Wildman–Crippen LogP) is 5.14. The normalized spacial score (nSPS) is 45.1. The molecule has 5 aliphatic rings. The van der Waals surface area contributed by atoms with Crippen LogP contribution in [0.5, 0.6) is 0 Å². The molecule has 0 aromatic rings. The van der Waals surface area contributed by atoms with E-state index in [1.165, 1.54) is 0 Å². The van der Waals surface area contributed by atoms with Crippen LogP contribution in [0.15, 0.2) is 23.8 Å². The number of Topliss-reactive ketones (excluding diaryl/α,β-unsaturated/α-hetero) is 1. The molecule has 4 nitrogen and oxygen atoms in total. The van der Waals surface area contributed by atoms with Crippen molar-refractivity contribution in [1.82, 2.24) is 0 Å². The lowest BCUT2D eigenvalue weighted by Gasteiger charge is -2.57. The van der Waals surface area contributed by atoms with E-state index in [2.05, 4.69) is 40.8 Å². The van der Waals surface area contributed by atoms with E-state index >= 15 is 0 Å². The Labute approximate surface area is 181 Å². The molecule has 0 radical (unpaired) electrons. The van der Waals surface area contributed by atoms with E-state index in [1.54, 1.807) is 12.2 Å². The summed E-state index contributed by atoms with van der Waals surface area (Å²) in [6.07, 6.45) is 10.9. The summed E-state index contributed by atoms with van der Waals surface area (Å²) in [5.41, 5.74) is -0.396. The van der Waals surface area contributed by atoms with E-state index in [9.17, 15) is 9.59 Å². The molecular formula is C25H36O4Si. The maximum Gasteiger partial charge on any atom is 0.192 e. The van der Waals surface area contributed by atoms with Gasteiger partial charge in [0.25, 0.3) is 0 Å². The summed E-state index contributed by atoms with van der Waals surface area (Å²) < 4.78 is 13.9. The van der Waals surface area contributed by atoms with Crippen LogP contribution in [0.2, 0.25) is 18.1 Å². The third-order valence-corrected chi connectivity index (χ3v) is 14.2. The van der Waals surface area contributed by atoms with Gasteiger partial charge in [-0.3, -0.25) is 9.59 Å². The van der Waals surface area contributed by atoms with Crippen LogP contribution in [0.25, 0.3) is 0 Å². The number of ether oxygens (including phenoxy) is 1. The summed E-state index contributed by atoms with van der Waals surface area (Å²) >= 11 is 0. The maximum absolute atomic E-state index is 13.6. The molecule has 2 bridgehead atoms. The van der Waals surface area contributed by atoms with Crippen LogP contribution in [-0.2, 0) is 18.8 Å². The highest BCUT2D eigenvalue weighted by Gasteiger charge is 2.71. The molecule has 0 aromatic heterocycles. The van der Waals surface area contributed by atoms with Gasteiger partial charge in [-0.25, -0.2) is 0 Å². The molecule has 164 valence electrons. The Kier molecular flexibility index (Phi) is 4.20. The lowest BCUT2D eigenvalue weighted by molar-refractivity contribution is -0.202. The smallest absolute Gasteiger partial charge is 0.192 e. The third-order valence-electron chi connectivity index (χ3n) is 9.74. The average Bonchev–Trinajstić information content (AvgIpc) is 3.14. The van der Waals surface area contributed by atoms with E-state index in [0.717, 1.165) is 38.5 Å². The van der Waals surface area contributed by atoms with E-state index in [4.69, 9.17) is 9.16 Å². The van der Waals surface area contributed by atoms with Crippen LogP contribution in [0.3, 0.4) is 0 Å². The molecule has 6 atom stereocenters. The van der Waals surface area contributed by atoms with E-state index in [1.807, 2.05) is 6.08 Å². The van der Waals surface area contributed by atoms with Gasteiger partial charge >= 0.3 is 0 Å². The number of carbonyl (C=O) groups excluding carboxylic acids is 2. The zero-order chi connectivity index (χ0) is 21.7. The van der Waals surface area contributed by atoms with Crippen LogP contribution >= 0.6 is 0 Å². The highest BCUT2D eigenvalue weighted by molar-refractivity contribution is 6.74. The molecule has 5 rings (SSSR count). The molecule has 2 saturated carbocycles. The number of hydrogen-bond donors (Lipinski definition) is 0. The first-order valence-corrected chi connectivity index (χ1v) is 14.6. The van der Waals surface area contributed by atoms with Gasteiger partial charge in [0.15, 0.2) is 19.9 Å². The van der Waals surface area contributed by atoms with Crippen molar-refractivity contribution in [3.8, 4) is 0 Å². The van der Waals surface area contributed by atoms with Crippen molar-refractivity contribution < 1.29 is 18.8 Å².